The van der Waals surface area contributed by atoms with E-state index in [1.165, 1.54) is 43.2 Å². The van der Waals surface area contributed by atoms with E-state index < -0.39 is 0 Å². The minimum atomic E-state index is 0.103. The maximum Gasteiger partial charge on any atom is 0.254 e. The molecule has 1 aromatic carbocycles. The van der Waals surface area contributed by atoms with Crippen LogP contribution in [0.2, 0.25) is 0 Å². The third-order valence-electron chi connectivity index (χ3n) is 5.46. The highest BCUT2D eigenvalue weighted by atomic mass is 16.3. The predicted octanol–water partition coefficient (Wildman–Crippen LogP) is 5.05. The molecule has 0 atom stereocenters. The lowest BCUT2D eigenvalue weighted by atomic mass is 10.0. The lowest BCUT2D eigenvalue weighted by Crippen LogP contribution is -2.35. The summed E-state index contributed by atoms with van der Waals surface area (Å²) in [6.45, 7) is 4.36. The predicted molar refractivity (Wildman–Crippen MR) is 113 cm³/mol. The second-order valence-corrected chi connectivity index (χ2v) is 8.24. The molecule has 1 aromatic heterocycles. The first kappa shape index (κ1) is 20.7. The van der Waals surface area contributed by atoms with Gasteiger partial charge in [0.15, 0.2) is 0 Å². The van der Waals surface area contributed by atoms with Crippen molar-refractivity contribution in [2.24, 2.45) is 0 Å². The number of amides is 1. The Labute approximate surface area is 169 Å². The topological polar surface area (TPSA) is 36.7 Å². The molecule has 0 radical (unpaired) electrons. The van der Waals surface area contributed by atoms with Gasteiger partial charge in [0.25, 0.3) is 5.91 Å². The van der Waals surface area contributed by atoms with Gasteiger partial charge in [0.1, 0.15) is 11.5 Å². The monoisotopic (exact) mass is 382 g/mol. The van der Waals surface area contributed by atoms with Crippen LogP contribution in [0.25, 0.3) is 0 Å². The molecule has 0 saturated carbocycles. The van der Waals surface area contributed by atoms with E-state index in [0.29, 0.717) is 6.54 Å². The molecule has 1 aliphatic rings. The second-order valence-electron chi connectivity index (χ2n) is 8.24. The van der Waals surface area contributed by atoms with Crippen molar-refractivity contribution in [3.8, 4) is 0 Å². The van der Waals surface area contributed by atoms with E-state index in [9.17, 15) is 4.79 Å². The van der Waals surface area contributed by atoms with Crippen LogP contribution in [0.4, 0.5) is 0 Å². The van der Waals surface area contributed by atoms with Crippen LogP contribution in [0, 0.1) is 0 Å². The number of hydrogen-bond acceptors (Lipinski definition) is 3. The molecule has 0 saturated heterocycles. The summed E-state index contributed by atoms with van der Waals surface area (Å²) >= 11 is 0. The fourth-order valence-electron chi connectivity index (χ4n) is 3.87. The molecule has 0 bridgehead atoms. The number of unbranched alkanes of at least 4 members (excludes halogenated alkanes) is 4. The summed E-state index contributed by atoms with van der Waals surface area (Å²) in [6, 6.07) is 10.3. The summed E-state index contributed by atoms with van der Waals surface area (Å²) < 4.78 is 5.99. The van der Waals surface area contributed by atoms with E-state index in [4.69, 9.17) is 4.42 Å². The number of carbonyl (C=O) groups is 1. The van der Waals surface area contributed by atoms with Gasteiger partial charge in [-0.1, -0.05) is 44.7 Å². The van der Waals surface area contributed by atoms with Gasteiger partial charge in [0, 0.05) is 12.1 Å². The van der Waals surface area contributed by atoms with Gasteiger partial charge in [-0.05, 0) is 62.7 Å². The number of benzene rings is 1. The number of rotatable bonds is 9. The van der Waals surface area contributed by atoms with Crippen LogP contribution in [0.3, 0.4) is 0 Å². The number of hydrogen-bond donors (Lipinski definition) is 0. The highest BCUT2D eigenvalue weighted by Gasteiger charge is 2.25. The smallest absolute Gasteiger partial charge is 0.254 e. The van der Waals surface area contributed by atoms with Crippen molar-refractivity contribution in [3.05, 3.63) is 58.5 Å². The Morgan fingerprint density at radius 3 is 2.57 bits per heavy atom. The molecule has 152 valence electrons. The fraction of sp³-hybridized carbons (Fsp3) is 0.542. The number of fused-ring (bicyclic) bond motifs is 1. The highest BCUT2D eigenvalue weighted by Crippen LogP contribution is 2.25. The molecule has 3 rings (SSSR count). The van der Waals surface area contributed by atoms with Gasteiger partial charge >= 0.3 is 0 Å². The first-order valence-corrected chi connectivity index (χ1v) is 10.7. The van der Waals surface area contributed by atoms with Crippen LogP contribution >= 0.6 is 0 Å². The maximum absolute atomic E-state index is 12.9. The Morgan fingerprint density at radius 2 is 1.86 bits per heavy atom. The minimum absolute atomic E-state index is 0.103. The molecule has 28 heavy (non-hydrogen) atoms. The van der Waals surface area contributed by atoms with Crippen molar-refractivity contribution in [1.82, 2.24) is 9.80 Å². The summed E-state index contributed by atoms with van der Waals surface area (Å²) in [6.07, 6.45) is 8.44. The summed E-state index contributed by atoms with van der Waals surface area (Å²) in [5, 5.41) is 0. The Kier molecular flexibility index (Phi) is 7.32. The number of carbonyl (C=O) groups excluding carboxylic acids is 1. The first-order valence-electron chi connectivity index (χ1n) is 10.7. The second kappa shape index (κ2) is 9.92. The van der Waals surface area contributed by atoms with Gasteiger partial charge in [-0.2, -0.15) is 0 Å². The van der Waals surface area contributed by atoms with Gasteiger partial charge in [0.05, 0.1) is 13.1 Å². The van der Waals surface area contributed by atoms with Crippen molar-refractivity contribution in [2.75, 3.05) is 20.6 Å². The molecular formula is C24H34N2O2. The van der Waals surface area contributed by atoms with Crippen LogP contribution in [-0.2, 0) is 25.9 Å². The summed E-state index contributed by atoms with van der Waals surface area (Å²) in [4.78, 5) is 16.9. The van der Waals surface area contributed by atoms with Gasteiger partial charge in [-0.15, -0.1) is 0 Å². The fourth-order valence-corrected chi connectivity index (χ4v) is 3.87. The number of furan rings is 1. The minimum Gasteiger partial charge on any atom is -0.463 e. The summed E-state index contributed by atoms with van der Waals surface area (Å²) in [5.74, 6) is 2.03. The zero-order chi connectivity index (χ0) is 19.9. The van der Waals surface area contributed by atoms with Crippen molar-refractivity contribution >= 4 is 5.91 Å². The quantitative estimate of drug-likeness (QED) is 0.569. The van der Waals surface area contributed by atoms with E-state index in [0.717, 1.165) is 43.0 Å². The van der Waals surface area contributed by atoms with Crippen molar-refractivity contribution in [2.45, 2.75) is 65.0 Å². The molecule has 0 spiro atoms. The van der Waals surface area contributed by atoms with Crippen LogP contribution in [-0.4, -0.2) is 36.3 Å². The van der Waals surface area contributed by atoms with E-state index in [-0.39, 0.29) is 5.91 Å². The molecule has 1 amide bonds. The Morgan fingerprint density at radius 1 is 1.11 bits per heavy atom. The molecule has 4 heteroatoms. The highest BCUT2D eigenvalue weighted by molar-refractivity contribution is 5.94. The van der Waals surface area contributed by atoms with Crippen LogP contribution < -0.4 is 0 Å². The molecule has 0 aliphatic carbocycles. The van der Waals surface area contributed by atoms with E-state index in [1.54, 1.807) is 0 Å². The lowest BCUT2D eigenvalue weighted by Gasteiger charge is -2.26. The SMILES string of the molecule is CCCCCCCc1ccc(C(=O)N2CCc3cc(CN(C)C)oc3C2)cc1. The molecule has 0 unspecified atom stereocenters. The molecule has 0 N–H and O–H groups in total. The van der Waals surface area contributed by atoms with Crippen molar-refractivity contribution in [3.63, 3.8) is 0 Å². The van der Waals surface area contributed by atoms with Crippen LogP contribution in [0.5, 0.6) is 0 Å². The normalized spacial score (nSPS) is 13.8. The molecule has 1 aliphatic heterocycles. The van der Waals surface area contributed by atoms with Gasteiger partial charge in [-0.3, -0.25) is 4.79 Å². The number of aryl methyl sites for hydroxylation is 1. The standard InChI is InChI=1S/C24H34N2O2/c1-4-5-6-7-8-9-19-10-12-20(13-11-19)24(27)26-15-14-21-16-22(17-25(2)3)28-23(21)18-26/h10-13,16H,4-9,14-15,17-18H2,1-3H3. The zero-order valence-corrected chi connectivity index (χ0v) is 17.7. The van der Waals surface area contributed by atoms with Gasteiger partial charge in [-0.25, -0.2) is 0 Å². The zero-order valence-electron chi connectivity index (χ0n) is 17.7. The Balaban J connectivity index is 1.55. The van der Waals surface area contributed by atoms with Crippen LogP contribution in [0.1, 0.15) is 72.0 Å². The van der Waals surface area contributed by atoms with Crippen molar-refractivity contribution < 1.29 is 9.21 Å². The average molecular weight is 383 g/mol. The molecule has 2 aromatic rings. The summed E-state index contributed by atoms with van der Waals surface area (Å²) in [7, 11) is 4.07. The summed E-state index contributed by atoms with van der Waals surface area (Å²) in [5.41, 5.74) is 3.35. The van der Waals surface area contributed by atoms with Gasteiger partial charge < -0.3 is 14.2 Å². The maximum atomic E-state index is 12.9. The Bertz CT molecular complexity index is 761. The molecular weight excluding hydrogens is 348 g/mol. The van der Waals surface area contributed by atoms with E-state index in [1.807, 2.05) is 31.1 Å². The largest absolute Gasteiger partial charge is 0.463 e. The van der Waals surface area contributed by atoms with Crippen molar-refractivity contribution in [1.29, 1.82) is 0 Å². The number of nitrogens with zero attached hydrogens (tertiary/aromatic N) is 2. The van der Waals surface area contributed by atoms with E-state index in [2.05, 4.69) is 30.0 Å². The van der Waals surface area contributed by atoms with E-state index >= 15 is 0 Å². The van der Waals surface area contributed by atoms with Gasteiger partial charge in [0.2, 0.25) is 0 Å². The Hall–Kier alpha value is -2.07. The molecule has 4 nitrogen and oxygen atoms in total. The third kappa shape index (κ3) is 5.48. The average Bonchev–Trinajstić information content (AvgIpc) is 3.08. The molecule has 0 fully saturated rings. The lowest BCUT2D eigenvalue weighted by molar-refractivity contribution is 0.0718. The molecule has 2 heterocycles. The third-order valence-corrected chi connectivity index (χ3v) is 5.46. The van der Waals surface area contributed by atoms with Crippen LogP contribution in [0.15, 0.2) is 34.7 Å². The first-order chi connectivity index (χ1) is 13.6.